The van der Waals surface area contributed by atoms with Gasteiger partial charge >= 0.3 is 0 Å². The molecule has 5 nitrogen and oxygen atoms in total. The zero-order valence-electron chi connectivity index (χ0n) is 17.3. The van der Waals surface area contributed by atoms with Crippen molar-refractivity contribution < 1.29 is 14.3 Å². The molecule has 2 aromatic rings. The van der Waals surface area contributed by atoms with Crippen LogP contribution in [-0.2, 0) is 0 Å². The molecule has 0 unspecified atom stereocenters. The van der Waals surface area contributed by atoms with E-state index < -0.39 is 0 Å². The van der Waals surface area contributed by atoms with Crippen molar-refractivity contribution in [3.63, 3.8) is 0 Å². The summed E-state index contributed by atoms with van der Waals surface area (Å²) in [5, 5.41) is 5.78. The third-order valence-corrected chi connectivity index (χ3v) is 3.99. The van der Waals surface area contributed by atoms with Gasteiger partial charge in [-0.05, 0) is 57.4 Å². The van der Waals surface area contributed by atoms with E-state index in [0.29, 0.717) is 35.1 Å². The number of rotatable bonds is 7. The topological polar surface area (TPSA) is 67.4 Å². The number of carbonyl (C=O) groups excluding carboxylic acids is 2. The van der Waals surface area contributed by atoms with Crippen LogP contribution in [0.5, 0.6) is 5.75 Å². The average Bonchev–Trinajstić information content (AvgIpc) is 2.60. The van der Waals surface area contributed by atoms with Crippen molar-refractivity contribution in [3.8, 4) is 5.75 Å². The summed E-state index contributed by atoms with van der Waals surface area (Å²) in [6, 6.07) is 14.1. The molecule has 0 heterocycles. The summed E-state index contributed by atoms with van der Waals surface area (Å²) in [6.45, 7) is 10.5. The van der Waals surface area contributed by atoms with Gasteiger partial charge in [0.2, 0.25) is 0 Å². The molecular weight excluding hydrogens is 352 g/mol. The van der Waals surface area contributed by atoms with Crippen molar-refractivity contribution in [1.29, 1.82) is 0 Å². The van der Waals surface area contributed by atoms with Gasteiger partial charge in [0, 0.05) is 5.54 Å². The fraction of sp³-hybridized carbons (Fsp3) is 0.391. The highest BCUT2D eigenvalue weighted by molar-refractivity contribution is 6.10. The predicted octanol–water partition coefficient (Wildman–Crippen LogP) is 4.89. The minimum Gasteiger partial charge on any atom is -0.493 e. The van der Waals surface area contributed by atoms with Gasteiger partial charge in [0.1, 0.15) is 5.75 Å². The monoisotopic (exact) mass is 382 g/mol. The van der Waals surface area contributed by atoms with Gasteiger partial charge in [-0.1, -0.05) is 38.1 Å². The minimum atomic E-state index is -0.370. The lowest BCUT2D eigenvalue weighted by atomic mass is 10.1. The first-order valence-electron chi connectivity index (χ1n) is 9.62. The summed E-state index contributed by atoms with van der Waals surface area (Å²) in [7, 11) is 0. The highest BCUT2D eigenvalue weighted by atomic mass is 16.5. The van der Waals surface area contributed by atoms with Gasteiger partial charge in [-0.3, -0.25) is 9.59 Å². The zero-order chi connectivity index (χ0) is 20.7. The number of carbonyl (C=O) groups is 2. The van der Waals surface area contributed by atoms with Crippen molar-refractivity contribution >= 4 is 17.5 Å². The van der Waals surface area contributed by atoms with E-state index in [1.807, 2.05) is 26.8 Å². The predicted molar refractivity (Wildman–Crippen MR) is 113 cm³/mol. The summed E-state index contributed by atoms with van der Waals surface area (Å²) < 4.78 is 5.81. The summed E-state index contributed by atoms with van der Waals surface area (Å²) in [6.07, 6.45) is 0.908. The number of ether oxygens (including phenoxy) is 1. The summed E-state index contributed by atoms with van der Waals surface area (Å²) in [4.78, 5) is 25.5. The van der Waals surface area contributed by atoms with Gasteiger partial charge < -0.3 is 15.4 Å². The quantitative estimate of drug-likeness (QED) is 0.716. The van der Waals surface area contributed by atoms with Gasteiger partial charge in [0.05, 0.1) is 23.4 Å². The van der Waals surface area contributed by atoms with Crippen LogP contribution in [0.15, 0.2) is 48.5 Å². The average molecular weight is 383 g/mol. The molecule has 0 aliphatic carbocycles. The van der Waals surface area contributed by atoms with Crippen LogP contribution in [0.2, 0.25) is 0 Å². The third-order valence-electron chi connectivity index (χ3n) is 3.99. The molecule has 150 valence electrons. The SMILES string of the molecule is CC(C)CCOc1ccccc1C(=O)Nc1ccccc1C(=O)NC(C)(C)C. The van der Waals surface area contributed by atoms with E-state index in [-0.39, 0.29) is 17.4 Å². The number of hydrogen-bond acceptors (Lipinski definition) is 3. The molecule has 0 aliphatic heterocycles. The van der Waals surface area contributed by atoms with E-state index in [2.05, 4.69) is 24.5 Å². The van der Waals surface area contributed by atoms with Crippen LogP contribution in [0.1, 0.15) is 61.8 Å². The van der Waals surface area contributed by atoms with Crippen LogP contribution in [0.3, 0.4) is 0 Å². The Morgan fingerprint density at radius 3 is 2.18 bits per heavy atom. The van der Waals surface area contributed by atoms with Crippen molar-refractivity contribution in [1.82, 2.24) is 5.32 Å². The maximum absolute atomic E-state index is 12.9. The number of amides is 2. The number of para-hydroxylation sites is 2. The van der Waals surface area contributed by atoms with Gasteiger partial charge in [0.15, 0.2) is 0 Å². The molecule has 0 radical (unpaired) electrons. The lowest BCUT2D eigenvalue weighted by Crippen LogP contribution is -2.40. The van der Waals surface area contributed by atoms with Crippen molar-refractivity contribution in [2.45, 2.75) is 46.6 Å². The fourth-order valence-electron chi connectivity index (χ4n) is 2.57. The van der Waals surface area contributed by atoms with Crippen LogP contribution in [0.4, 0.5) is 5.69 Å². The van der Waals surface area contributed by atoms with Crippen molar-refractivity contribution in [3.05, 3.63) is 59.7 Å². The maximum atomic E-state index is 12.9. The standard InChI is InChI=1S/C23H30N2O3/c1-16(2)14-15-28-20-13-9-7-11-18(20)21(26)24-19-12-8-6-10-17(19)22(27)25-23(3,4)5/h6-13,16H,14-15H2,1-5H3,(H,24,26)(H,25,27). The summed E-state index contributed by atoms with van der Waals surface area (Å²) in [5.74, 6) is 0.521. The molecule has 0 spiro atoms. The molecule has 0 bridgehead atoms. The molecule has 5 heteroatoms. The van der Waals surface area contributed by atoms with E-state index in [9.17, 15) is 9.59 Å². The molecular formula is C23H30N2O3. The number of anilines is 1. The first-order valence-corrected chi connectivity index (χ1v) is 9.62. The lowest BCUT2D eigenvalue weighted by Gasteiger charge is -2.21. The van der Waals surface area contributed by atoms with Crippen LogP contribution < -0.4 is 15.4 Å². The highest BCUT2D eigenvalue weighted by Gasteiger charge is 2.20. The normalized spacial score (nSPS) is 11.2. The largest absolute Gasteiger partial charge is 0.493 e. The van der Waals surface area contributed by atoms with Crippen LogP contribution in [0.25, 0.3) is 0 Å². The molecule has 0 saturated heterocycles. The number of nitrogens with one attached hydrogen (secondary N) is 2. The second kappa shape index (κ2) is 9.40. The van der Waals surface area contributed by atoms with Crippen LogP contribution in [0, 0.1) is 5.92 Å². The Bertz CT molecular complexity index is 823. The van der Waals surface area contributed by atoms with Crippen LogP contribution >= 0.6 is 0 Å². The smallest absolute Gasteiger partial charge is 0.259 e. The Morgan fingerprint density at radius 2 is 1.54 bits per heavy atom. The summed E-state index contributed by atoms with van der Waals surface area (Å²) >= 11 is 0. The summed E-state index contributed by atoms with van der Waals surface area (Å²) in [5.41, 5.74) is 0.956. The van der Waals surface area contributed by atoms with Crippen molar-refractivity contribution in [2.75, 3.05) is 11.9 Å². The number of benzene rings is 2. The molecule has 2 amide bonds. The van der Waals surface area contributed by atoms with Gasteiger partial charge in [-0.15, -0.1) is 0 Å². The Kier molecular flexibility index (Phi) is 7.21. The maximum Gasteiger partial charge on any atom is 0.259 e. The molecule has 2 rings (SSSR count). The van der Waals surface area contributed by atoms with Crippen LogP contribution in [-0.4, -0.2) is 24.0 Å². The zero-order valence-corrected chi connectivity index (χ0v) is 17.3. The lowest BCUT2D eigenvalue weighted by molar-refractivity contribution is 0.0920. The number of hydrogen-bond donors (Lipinski definition) is 2. The molecule has 2 aromatic carbocycles. The molecule has 0 aromatic heterocycles. The Balaban J connectivity index is 2.19. The van der Waals surface area contributed by atoms with Gasteiger partial charge in [-0.2, -0.15) is 0 Å². The Morgan fingerprint density at radius 1 is 0.929 bits per heavy atom. The Hall–Kier alpha value is -2.82. The second-order valence-electron chi connectivity index (χ2n) is 8.23. The van der Waals surface area contributed by atoms with E-state index in [1.54, 1.807) is 42.5 Å². The molecule has 28 heavy (non-hydrogen) atoms. The van der Waals surface area contributed by atoms with E-state index >= 15 is 0 Å². The first kappa shape index (κ1) is 21.5. The first-order chi connectivity index (χ1) is 13.2. The minimum absolute atomic E-state index is 0.232. The van der Waals surface area contributed by atoms with E-state index in [1.165, 1.54) is 0 Å². The second-order valence-corrected chi connectivity index (χ2v) is 8.23. The molecule has 2 N–H and O–H groups in total. The van der Waals surface area contributed by atoms with E-state index in [0.717, 1.165) is 6.42 Å². The Labute approximate surface area is 167 Å². The molecule has 0 atom stereocenters. The fourth-order valence-corrected chi connectivity index (χ4v) is 2.57. The van der Waals surface area contributed by atoms with Crippen molar-refractivity contribution in [2.24, 2.45) is 5.92 Å². The van der Waals surface area contributed by atoms with Gasteiger partial charge in [0.25, 0.3) is 11.8 Å². The molecule has 0 saturated carbocycles. The van der Waals surface area contributed by atoms with Gasteiger partial charge in [-0.25, -0.2) is 0 Å². The molecule has 0 fully saturated rings. The van der Waals surface area contributed by atoms with E-state index in [4.69, 9.17) is 4.74 Å². The molecule has 0 aliphatic rings. The third kappa shape index (κ3) is 6.41. The highest BCUT2D eigenvalue weighted by Crippen LogP contribution is 2.22.